The number of aromatic hydroxyl groups is 1. The lowest BCUT2D eigenvalue weighted by molar-refractivity contribution is 0.0146. The van der Waals surface area contributed by atoms with Gasteiger partial charge in [0, 0.05) is 11.1 Å². The van der Waals surface area contributed by atoms with E-state index < -0.39 is 5.60 Å². The van der Waals surface area contributed by atoms with E-state index in [4.69, 9.17) is 30.1 Å². The van der Waals surface area contributed by atoms with Crippen molar-refractivity contribution in [1.29, 1.82) is 5.41 Å². The molecule has 9 heteroatoms. The molecular formula is C24H29N3O5S. The molecule has 2 aromatic rings. The second kappa shape index (κ2) is 9.05. The molecule has 2 aliphatic heterocycles. The van der Waals surface area contributed by atoms with Gasteiger partial charge < -0.3 is 29.8 Å². The van der Waals surface area contributed by atoms with Gasteiger partial charge in [-0.2, -0.15) is 0 Å². The van der Waals surface area contributed by atoms with Gasteiger partial charge in [0.2, 0.25) is 11.5 Å². The summed E-state index contributed by atoms with van der Waals surface area (Å²) in [5.41, 5.74) is 8.10. The van der Waals surface area contributed by atoms with Crippen LogP contribution in [0.1, 0.15) is 30.0 Å². The number of methoxy groups -OCH3 is 2. The molecule has 0 amide bonds. The van der Waals surface area contributed by atoms with Crippen molar-refractivity contribution in [2.24, 2.45) is 10.7 Å². The molecular weight excluding hydrogens is 442 g/mol. The Morgan fingerprint density at radius 2 is 1.94 bits per heavy atom. The predicted molar refractivity (Wildman–Crippen MR) is 130 cm³/mol. The molecule has 176 valence electrons. The van der Waals surface area contributed by atoms with Gasteiger partial charge in [-0.05, 0) is 50.8 Å². The second-order valence-corrected chi connectivity index (χ2v) is 9.68. The third-order valence-electron chi connectivity index (χ3n) is 6.07. The van der Waals surface area contributed by atoms with Gasteiger partial charge in [-0.25, -0.2) is 4.99 Å². The fourth-order valence-electron chi connectivity index (χ4n) is 4.13. The zero-order chi connectivity index (χ0) is 23.8. The monoisotopic (exact) mass is 471 g/mol. The number of nitrogens with two attached hydrogens (primary N) is 1. The topological polar surface area (TPSA) is 119 Å². The predicted octanol–water partition coefficient (Wildman–Crippen LogP) is 3.83. The number of ether oxygens (including phenoxy) is 4. The Morgan fingerprint density at radius 1 is 1.24 bits per heavy atom. The van der Waals surface area contributed by atoms with Gasteiger partial charge in [-0.1, -0.05) is 23.9 Å². The van der Waals surface area contributed by atoms with Gasteiger partial charge >= 0.3 is 0 Å². The number of fused-ring (bicyclic) bond motifs is 1. The Bertz CT molecular complexity index is 1100. The summed E-state index contributed by atoms with van der Waals surface area (Å²) in [5, 5.41) is 18.4. The van der Waals surface area contributed by atoms with Crippen LogP contribution < -0.4 is 24.7 Å². The standard InChI is InChI=1S/C24H29N3O5S/c1-13-16-9-10-24(2,32-19(16)21(30-4)20(29-3)18(13)28)12-31-15-7-5-14(6-8-15)11-17-22(25)27-23(26)33-17/h5-8,17,28H,9-12H2,1-4H3,(H3,25,26,27). The maximum atomic E-state index is 10.5. The first-order valence-electron chi connectivity index (χ1n) is 10.7. The van der Waals surface area contributed by atoms with Gasteiger partial charge in [0.25, 0.3) is 0 Å². The molecule has 2 unspecified atom stereocenters. The van der Waals surface area contributed by atoms with Crippen LogP contribution in [-0.2, 0) is 12.8 Å². The summed E-state index contributed by atoms with van der Waals surface area (Å²) in [6.45, 7) is 4.21. The van der Waals surface area contributed by atoms with E-state index in [0.717, 1.165) is 35.3 Å². The van der Waals surface area contributed by atoms with Crippen LogP contribution in [0, 0.1) is 12.3 Å². The highest BCUT2D eigenvalue weighted by molar-refractivity contribution is 8.15. The highest BCUT2D eigenvalue weighted by Crippen LogP contribution is 2.52. The summed E-state index contributed by atoms with van der Waals surface area (Å²) < 4.78 is 23.4. The first-order chi connectivity index (χ1) is 15.7. The number of amidine groups is 2. The molecule has 33 heavy (non-hydrogen) atoms. The minimum atomic E-state index is -0.570. The number of thioether (sulfide) groups is 1. The molecule has 0 saturated heterocycles. The van der Waals surface area contributed by atoms with Crippen LogP contribution in [0.15, 0.2) is 29.3 Å². The summed E-state index contributed by atoms with van der Waals surface area (Å²) in [5.74, 6) is 2.59. The maximum Gasteiger partial charge on any atom is 0.207 e. The fraction of sp³-hybridized carbons (Fsp3) is 0.417. The molecule has 2 heterocycles. The molecule has 0 saturated carbocycles. The van der Waals surface area contributed by atoms with Crippen molar-refractivity contribution < 1.29 is 24.1 Å². The maximum absolute atomic E-state index is 10.5. The van der Waals surface area contributed by atoms with Crippen molar-refractivity contribution in [2.45, 2.75) is 44.0 Å². The third kappa shape index (κ3) is 4.55. The number of benzene rings is 2. The number of nitrogens with zero attached hydrogens (tertiary/aromatic N) is 1. The largest absolute Gasteiger partial charge is 0.504 e. The summed E-state index contributed by atoms with van der Waals surface area (Å²) in [6, 6.07) is 7.87. The molecule has 0 spiro atoms. The Labute approximate surface area is 197 Å². The normalized spacial score (nSPS) is 21.8. The fourth-order valence-corrected chi connectivity index (χ4v) is 5.01. The number of phenolic OH excluding ortho intramolecular Hbond substituents is 1. The molecule has 0 bridgehead atoms. The van der Waals surface area contributed by atoms with Crippen molar-refractivity contribution in [2.75, 3.05) is 20.8 Å². The zero-order valence-corrected chi connectivity index (χ0v) is 20.0. The van der Waals surface area contributed by atoms with Crippen molar-refractivity contribution in [3.05, 3.63) is 41.0 Å². The van der Waals surface area contributed by atoms with E-state index in [-0.39, 0.29) is 21.9 Å². The number of aliphatic imine (C=N–C) groups is 1. The van der Waals surface area contributed by atoms with Gasteiger partial charge in [-0.3, -0.25) is 5.41 Å². The number of nitrogens with one attached hydrogen (secondary N) is 1. The van der Waals surface area contributed by atoms with Crippen LogP contribution in [-0.4, -0.2) is 47.8 Å². The van der Waals surface area contributed by atoms with E-state index in [1.54, 1.807) is 0 Å². The van der Waals surface area contributed by atoms with Crippen LogP contribution in [0.25, 0.3) is 0 Å². The highest BCUT2D eigenvalue weighted by Gasteiger charge is 2.37. The molecule has 4 N–H and O–H groups in total. The molecule has 2 atom stereocenters. The molecule has 0 radical (unpaired) electrons. The SMILES string of the molecule is COc1c(O)c(C)c2c(c1OC)OC(C)(COc1ccc(CC3SC(=N)N=C3N)cc1)CC2. The van der Waals surface area contributed by atoms with Crippen molar-refractivity contribution in [3.63, 3.8) is 0 Å². The Kier molecular flexibility index (Phi) is 6.34. The number of hydrogen-bond acceptors (Lipinski definition) is 8. The molecule has 2 aromatic carbocycles. The Balaban J connectivity index is 1.44. The van der Waals surface area contributed by atoms with Crippen molar-refractivity contribution >= 4 is 22.8 Å². The number of rotatable bonds is 7. The summed E-state index contributed by atoms with van der Waals surface area (Å²) in [4.78, 5) is 3.99. The van der Waals surface area contributed by atoms with Crippen LogP contribution >= 0.6 is 11.8 Å². The highest BCUT2D eigenvalue weighted by atomic mass is 32.2. The Morgan fingerprint density at radius 3 is 2.55 bits per heavy atom. The van der Waals surface area contributed by atoms with E-state index in [9.17, 15) is 5.11 Å². The van der Waals surface area contributed by atoms with E-state index >= 15 is 0 Å². The van der Waals surface area contributed by atoms with Crippen molar-refractivity contribution in [3.8, 4) is 28.7 Å². The van der Waals surface area contributed by atoms with Crippen molar-refractivity contribution in [1.82, 2.24) is 0 Å². The second-order valence-electron chi connectivity index (χ2n) is 8.48. The van der Waals surface area contributed by atoms with Crippen LogP contribution in [0.2, 0.25) is 0 Å². The van der Waals surface area contributed by atoms with Crippen LogP contribution in [0.4, 0.5) is 0 Å². The lowest BCUT2D eigenvalue weighted by Crippen LogP contribution is -2.42. The van der Waals surface area contributed by atoms with E-state index in [1.165, 1.54) is 26.0 Å². The lowest BCUT2D eigenvalue weighted by Gasteiger charge is -2.37. The third-order valence-corrected chi connectivity index (χ3v) is 7.08. The van der Waals surface area contributed by atoms with Gasteiger partial charge in [0.05, 0.1) is 19.5 Å². The lowest BCUT2D eigenvalue weighted by atomic mass is 9.90. The van der Waals surface area contributed by atoms with Crippen LogP contribution in [0.5, 0.6) is 28.7 Å². The Hall–Kier alpha value is -3.07. The molecule has 0 fully saturated rings. The number of phenols is 1. The average molecular weight is 472 g/mol. The van der Waals surface area contributed by atoms with Crippen LogP contribution in [0.3, 0.4) is 0 Å². The summed E-state index contributed by atoms with van der Waals surface area (Å²) >= 11 is 1.37. The summed E-state index contributed by atoms with van der Waals surface area (Å²) in [7, 11) is 3.03. The van der Waals surface area contributed by atoms with Gasteiger partial charge in [0.15, 0.2) is 16.7 Å². The average Bonchev–Trinajstić information content (AvgIpc) is 3.11. The molecule has 4 rings (SSSR count). The number of hydrogen-bond donors (Lipinski definition) is 3. The van der Waals surface area contributed by atoms with E-state index in [1.807, 2.05) is 38.1 Å². The molecule has 0 aliphatic carbocycles. The molecule has 2 aliphatic rings. The van der Waals surface area contributed by atoms with E-state index in [2.05, 4.69) is 4.99 Å². The first kappa shape index (κ1) is 23.1. The smallest absolute Gasteiger partial charge is 0.207 e. The summed E-state index contributed by atoms with van der Waals surface area (Å²) in [6.07, 6.45) is 2.18. The minimum Gasteiger partial charge on any atom is -0.504 e. The zero-order valence-electron chi connectivity index (χ0n) is 19.2. The van der Waals surface area contributed by atoms with Gasteiger partial charge in [0.1, 0.15) is 23.8 Å². The minimum absolute atomic E-state index is 0.00810. The molecule has 0 aromatic heterocycles. The quantitative estimate of drug-likeness (QED) is 0.561. The molecule has 8 nitrogen and oxygen atoms in total. The first-order valence-corrected chi connectivity index (χ1v) is 11.6. The van der Waals surface area contributed by atoms with Gasteiger partial charge in [-0.15, -0.1) is 0 Å². The van der Waals surface area contributed by atoms with E-state index in [0.29, 0.717) is 30.4 Å².